The molecule has 3 nitrogen and oxygen atoms in total. The van der Waals surface area contributed by atoms with E-state index in [1.807, 2.05) is 0 Å². The summed E-state index contributed by atoms with van der Waals surface area (Å²) in [6.45, 7) is 1.42. The van der Waals surface area contributed by atoms with Gasteiger partial charge in [-0.1, -0.05) is 19.1 Å². The lowest BCUT2D eigenvalue weighted by molar-refractivity contribution is -0.138. The zero-order valence-electron chi connectivity index (χ0n) is 9.49. The normalized spacial score (nSPS) is 13.1. The summed E-state index contributed by atoms with van der Waals surface area (Å²) in [7, 11) is 0. The Labute approximate surface area is 101 Å². The molecular weight excluding hydrogens is 249 g/mol. The van der Waals surface area contributed by atoms with Gasteiger partial charge in [0, 0.05) is 11.5 Å². The van der Waals surface area contributed by atoms with Crippen molar-refractivity contribution in [1.29, 1.82) is 0 Å². The zero-order valence-corrected chi connectivity index (χ0v) is 9.49. The van der Waals surface area contributed by atoms with E-state index in [0.29, 0.717) is 0 Å². The lowest BCUT2D eigenvalue weighted by Gasteiger charge is -2.10. The van der Waals surface area contributed by atoms with Crippen molar-refractivity contribution in [3.8, 4) is 0 Å². The molecule has 0 spiro atoms. The molecule has 0 aliphatic rings. The van der Waals surface area contributed by atoms with Crippen LogP contribution in [-0.4, -0.2) is 16.9 Å². The van der Waals surface area contributed by atoms with Crippen molar-refractivity contribution in [1.82, 2.24) is 0 Å². The third kappa shape index (κ3) is 3.58. The van der Waals surface area contributed by atoms with Crippen molar-refractivity contribution < 1.29 is 27.9 Å². The zero-order chi connectivity index (χ0) is 13.9. The van der Waals surface area contributed by atoms with Crippen molar-refractivity contribution in [3.05, 3.63) is 35.4 Å². The van der Waals surface area contributed by atoms with E-state index >= 15 is 0 Å². The molecule has 1 N–H and O–H groups in total. The summed E-state index contributed by atoms with van der Waals surface area (Å²) >= 11 is 0. The van der Waals surface area contributed by atoms with E-state index in [1.54, 1.807) is 0 Å². The number of aliphatic carboxylic acids is 1. The number of benzene rings is 1. The Bertz CT molecular complexity index is 449. The highest BCUT2D eigenvalue weighted by Gasteiger charge is 2.30. The molecule has 1 aromatic carbocycles. The number of carboxylic acid groups (broad SMARTS) is 1. The minimum absolute atomic E-state index is 0.0803. The number of ketones is 1. The first-order valence-corrected chi connectivity index (χ1v) is 5.15. The molecule has 0 amide bonds. The molecule has 0 bridgehead atoms. The number of hydrogen-bond acceptors (Lipinski definition) is 2. The molecule has 0 heterocycles. The third-order valence-electron chi connectivity index (χ3n) is 2.43. The lowest BCUT2D eigenvalue weighted by atomic mass is 9.96. The molecule has 1 aromatic rings. The van der Waals surface area contributed by atoms with Gasteiger partial charge in [0.1, 0.15) is 0 Å². The van der Waals surface area contributed by atoms with Crippen LogP contribution in [0.2, 0.25) is 0 Å². The first-order valence-electron chi connectivity index (χ1n) is 5.15. The number of alkyl halides is 3. The predicted molar refractivity (Wildman–Crippen MR) is 57.2 cm³/mol. The maximum atomic E-state index is 12.3. The molecule has 1 rings (SSSR count). The van der Waals surface area contributed by atoms with Gasteiger partial charge in [-0.25, -0.2) is 0 Å². The van der Waals surface area contributed by atoms with Crippen LogP contribution in [0.3, 0.4) is 0 Å². The van der Waals surface area contributed by atoms with Gasteiger partial charge in [0.25, 0.3) is 0 Å². The van der Waals surface area contributed by atoms with E-state index in [4.69, 9.17) is 5.11 Å². The number of carbonyl (C=O) groups excluding carboxylic acids is 1. The van der Waals surface area contributed by atoms with Crippen molar-refractivity contribution in [2.24, 2.45) is 5.92 Å². The molecule has 0 radical (unpaired) electrons. The summed E-state index contributed by atoms with van der Waals surface area (Å²) in [6.07, 6.45) is -4.80. The van der Waals surface area contributed by atoms with E-state index in [0.717, 1.165) is 24.3 Å². The highest BCUT2D eigenvalue weighted by atomic mass is 19.4. The highest BCUT2D eigenvalue weighted by molar-refractivity contribution is 5.99. The number of rotatable bonds is 4. The van der Waals surface area contributed by atoms with Gasteiger partial charge in [-0.15, -0.1) is 0 Å². The average Bonchev–Trinajstić information content (AvgIpc) is 2.26. The van der Waals surface area contributed by atoms with E-state index in [9.17, 15) is 22.8 Å². The van der Waals surface area contributed by atoms with Gasteiger partial charge in [0.2, 0.25) is 0 Å². The van der Waals surface area contributed by atoms with Crippen LogP contribution in [-0.2, 0) is 11.0 Å². The van der Waals surface area contributed by atoms with Crippen LogP contribution in [0.1, 0.15) is 29.3 Å². The smallest absolute Gasteiger partial charge is 0.416 e. The van der Waals surface area contributed by atoms with Crippen molar-refractivity contribution in [2.75, 3.05) is 0 Å². The van der Waals surface area contributed by atoms with Crippen LogP contribution in [0.5, 0.6) is 0 Å². The summed E-state index contributed by atoms with van der Waals surface area (Å²) in [5, 5.41) is 8.53. The minimum Gasteiger partial charge on any atom is -0.481 e. The van der Waals surface area contributed by atoms with E-state index in [2.05, 4.69) is 0 Å². The van der Waals surface area contributed by atoms with E-state index in [-0.39, 0.29) is 12.0 Å². The molecule has 0 aliphatic heterocycles. The van der Waals surface area contributed by atoms with Crippen LogP contribution in [0.25, 0.3) is 0 Å². The van der Waals surface area contributed by atoms with Gasteiger partial charge >= 0.3 is 12.1 Å². The van der Waals surface area contributed by atoms with Crippen molar-refractivity contribution in [3.63, 3.8) is 0 Å². The third-order valence-corrected chi connectivity index (χ3v) is 2.43. The first kappa shape index (κ1) is 14.2. The number of carbonyl (C=O) groups is 2. The van der Waals surface area contributed by atoms with Gasteiger partial charge < -0.3 is 5.11 Å². The van der Waals surface area contributed by atoms with Crippen LogP contribution < -0.4 is 0 Å². The van der Waals surface area contributed by atoms with Gasteiger partial charge in [-0.3, -0.25) is 9.59 Å². The number of halogens is 3. The van der Waals surface area contributed by atoms with Gasteiger partial charge in [-0.05, 0) is 12.1 Å². The largest absolute Gasteiger partial charge is 0.481 e. The van der Waals surface area contributed by atoms with Crippen LogP contribution in [0, 0.1) is 5.92 Å². The molecule has 18 heavy (non-hydrogen) atoms. The Morgan fingerprint density at radius 1 is 1.22 bits per heavy atom. The second kappa shape index (κ2) is 5.20. The monoisotopic (exact) mass is 260 g/mol. The van der Waals surface area contributed by atoms with Crippen LogP contribution >= 0.6 is 0 Å². The van der Waals surface area contributed by atoms with Gasteiger partial charge in [-0.2, -0.15) is 13.2 Å². The van der Waals surface area contributed by atoms with Gasteiger partial charge in [0.05, 0.1) is 12.0 Å². The molecule has 0 saturated carbocycles. The second-order valence-corrected chi connectivity index (χ2v) is 3.94. The summed E-state index contributed by atoms with van der Waals surface area (Å²) in [5.74, 6) is -2.37. The minimum atomic E-state index is -4.45. The molecule has 0 aliphatic carbocycles. The number of carboxylic acids is 1. The molecule has 1 atom stereocenters. The molecule has 0 aromatic heterocycles. The summed E-state index contributed by atoms with van der Waals surface area (Å²) in [5.41, 5.74) is -0.762. The molecule has 0 fully saturated rings. The molecular formula is C12H11F3O3. The van der Waals surface area contributed by atoms with Gasteiger partial charge in [0.15, 0.2) is 5.78 Å². The molecule has 0 saturated heterocycles. The maximum Gasteiger partial charge on any atom is 0.416 e. The molecule has 1 unspecified atom stereocenters. The summed E-state index contributed by atoms with van der Waals surface area (Å²) < 4.78 is 36.9. The Kier molecular flexibility index (Phi) is 4.11. The average molecular weight is 260 g/mol. The molecule has 6 heteroatoms. The Balaban J connectivity index is 2.85. The Hall–Kier alpha value is -1.85. The quantitative estimate of drug-likeness (QED) is 0.846. The van der Waals surface area contributed by atoms with Crippen LogP contribution in [0.15, 0.2) is 24.3 Å². The lowest BCUT2D eigenvalue weighted by Crippen LogP contribution is -2.15. The van der Waals surface area contributed by atoms with E-state index in [1.165, 1.54) is 6.92 Å². The van der Waals surface area contributed by atoms with E-state index < -0.39 is 29.4 Å². The number of hydrogen-bond donors (Lipinski definition) is 1. The number of Topliss-reactive ketones (excluding diaryl/α,β-unsaturated/α-hetero) is 1. The summed E-state index contributed by atoms with van der Waals surface area (Å²) in [4.78, 5) is 22.1. The fourth-order valence-electron chi connectivity index (χ4n) is 1.46. The first-order chi connectivity index (χ1) is 8.21. The fraction of sp³-hybridized carbons (Fsp3) is 0.333. The Morgan fingerprint density at radius 3 is 2.11 bits per heavy atom. The second-order valence-electron chi connectivity index (χ2n) is 3.94. The summed E-state index contributed by atoms with van der Waals surface area (Å²) in [6, 6.07) is 3.73. The van der Waals surface area contributed by atoms with Crippen LogP contribution in [0.4, 0.5) is 13.2 Å². The fourth-order valence-corrected chi connectivity index (χ4v) is 1.46. The Morgan fingerprint density at radius 2 is 1.72 bits per heavy atom. The predicted octanol–water partition coefficient (Wildman–Crippen LogP) is 3.00. The molecule has 98 valence electrons. The maximum absolute atomic E-state index is 12.3. The SMILES string of the molecule is CC(CC(=O)O)C(=O)c1ccc(C(F)(F)F)cc1. The van der Waals surface area contributed by atoms with Crippen molar-refractivity contribution in [2.45, 2.75) is 19.5 Å². The topological polar surface area (TPSA) is 54.4 Å². The standard InChI is InChI=1S/C12H11F3O3/c1-7(6-10(16)17)11(18)8-2-4-9(5-3-8)12(13,14)15/h2-5,7H,6H2,1H3,(H,16,17). The highest BCUT2D eigenvalue weighted by Crippen LogP contribution is 2.29. The van der Waals surface area contributed by atoms with Crippen molar-refractivity contribution >= 4 is 11.8 Å².